The van der Waals surface area contributed by atoms with Gasteiger partial charge in [0.25, 0.3) is 12.3 Å². The topological polar surface area (TPSA) is 136 Å². The number of halogens is 5. The summed E-state index contributed by atoms with van der Waals surface area (Å²) >= 11 is 0. The van der Waals surface area contributed by atoms with Crippen molar-refractivity contribution in [3.63, 3.8) is 0 Å². The van der Waals surface area contributed by atoms with Crippen molar-refractivity contribution in [2.24, 2.45) is 18.9 Å². The van der Waals surface area contributed by atoms with E-state index in [1.807, 2.05) is 12.1 Å². The molecule has 2 N–H and O–H groups in total. The molecule has 8 rings (SSSR count). The van der Waals surface area contributed by atoms with E-state index in [2.05, 4.69) is 37.5 Å². The van der Waals surface area contributed by atoms with Crippen molar-refractivity contribution in [1.29, 1.82) is 0 Å². The lowest BCUT2D eigenvalue weighted by Crippen LogP contribution is -2.44. The second kappa shape index (κ2) is 16.6. The molecule has 60 heavy (non-hydrogen) atoms. The number of amides is 3. The van der Waals surface area contributed by atoms with E-state index in [9.17, 15) is 41.1 Å². The van der Waals surface area contributed by atoms with Crippen LogP contribution in [0.2, 0.25) is 0 Å². The average Bonchev–Trinajstić information content (AvgIpc) is 3.75. The maximum absolute atomic E-state index is 14.1. The van der Waals surface area contributed by atoms with Crippen LogP contribution in [0.4, 0.5) is 27.6 Å². The first kappa shape index (κ1) is 40.9. The molecule has 1 aliphatic carbocycles. The highest BCUT2D eigenvalue weighted by Gasteiger charge is 2.34. The van der Waals surface area contributed by atoms with Crippen LogP contribution >= 0.6 is 0 Å². The number of rotatable bonds is 8. The Morgan fingerprint density at radius 2 is 1.72 bits per heavy atom. The number of anilines is 1. The van der Waals surface area contributed by atoms with E-state index in [4.69, 9.17) is 0 Å². The van der Waals surface area contributed by atoms with E-state index in [0.29, 0.717) is 33.8 Å². The van der Waals surface area contributed by atoms with Gasteiger partial charge in [0.1, 0.15) is 17.4 Å². The second-order valence-corrected chi connectivity index (χ2v) is 16.0. The highest BCUT2D eigenvalue weighted by Crippen LogP contribution is 2.37. The standard InChI is InChI=1S/C43H43F5N8O4/c1-53-38-27(7-3-9-34(38)56(42(53)60)35-15-16-37(57)51-41(35)59)6-2-5-25-17-19-54(20-18-25)23-26-11-13-29(14-12-26)55-24-28-21-33(30(39(44)45)22-32(28)52-55)50-40(58)31-8-4-10-36(49-31)43(46,47)48/h3-4,7-10,21-22,24-26,29,35,39H,5,11-20,23H2,1H3,(H,50,58)(H,51,57,59)/t26-,29-,35?. The summed E-state index contributed by atoms with van der Waals surface area (Å²) in [6.45, 7) is 2.95. The number of piperidine rings is 2. The Morgan fingerprint density at radius 3 is 2.43 bits per heavy atom. The molecular weight excluding hydrogens is 788 g/mol. The van der Waals surface area contributed by atoms with Crippen LogP contribution < -0.4 is 16.3 Å². The van der Waals surface area contributed by atoms with Crippen molar-refractivity contribution < 1.29 is 36.3 Å². The van der Waals surface area contributed by atoms with Crippen LogP contribution in [0, 0.1) is 23.7 Å². The number of imidazole rings is 1. The predicted octanol–water partition coefficient (Wildman–Crippen LogP) is 7.16. The molecular formula is C43H43F5N8O4. The van der Waals surface area contributed by atoms with Crippen LogP contribution in [-0.4, -0.2) is 66.2 Å². The average molecular weight is 831 g/mol. The van der Waals surface area contributed by atoms with E-state index in [1.54, 1.807) is 24.0 Å². The van der Waals surface area contributed by atoms with Crippen LogP contribution in [0.1, 0.15) is 104 Å². The van der Waals surface area contributed by atoms with E-state index in [0.717, 1.165) is 88.3 Å². The monoisotopic (exact) mass is 830 g/mol. The molecule has 3 amide bonds. The highest BCUT2D eigenvalue weighted by molar-refractivity contribution is 6.04. The number of carbonyl (C=O) groups is 3. The van der Waals surface area contributed by atoms with Gasteiger partial charge in [-0.05, 0) is 106 Å². The van der Waals surface area contributed by atoms with E-state index < -0.39 is 47.4 Å². The lowest BCUT2D eigenvalue weighted by Gasteiger charge is -2.36. The molecule has 2 aliphatic heterocycles. The number of aryl methyl sites for hydroxylation is 1. The van der Waals surface area contributed by atoms with Gasteiger partial charge < -0.3 is 10.2 Å². The molecule has 3 aliphatic rings. The van der Waals surface area contributed by atoms with Gasteiger partial charge in [-0.15, -0.1) is 0 Å². The fourth-order valence-corrected chi connectivity index (χ4v) is 8.88. The van der Waals surface area contributed by atoms with Crippen LogP contribution in [-0.2, 0) is 22.8 Å². The van der Waals surface area contributed by atoms with Crippen molar-refractivity contribution in [2.75, 3.05) is 25.0 Å². The molecule has 17 heteroatoms. The highest BCUT2D eigenvalue weighted by atomic mass is 19.4. The summed E-state index contributed by atoms with van der Waals surface area (Å²) in [5.41, 5.74) is -0.502. The summed E-state index contributed by atoms with van der Waals surface area (Å²) in [7, 11) is 1.67. The maximum atomic E-state index is 14.1. The molecule has 2 aromatic carbocycles. The number of hydrogen-bond donors (Lipinski definition) is 2. The Bertz CT molecular complexity index is 2590. The minimum absolute atomic E-state index is 0.0737. The number of hydrogen-bond acceptors (Lipinski definition) is 7. The Balaban J connectivity index is 0.838. The molecule has 3 fully saturated rings. The minimum Gasteiger partial charge on any atom is -0.320 e. The van der Waals surface area contributed by atoms with Gasteiger partial charge in [-0.2, -0.15) is 18.3 Å². The Hall–Kier alpha value is -5.89. The van der Waals surface area contributed by atoms with Crippen molar-refractivity contribution in [3.05, 3.63) is 87.7 Å². The molecule has 12 nitrogen and oxygen atoms in total. The Morgan fingerprint density at radius 1 is 0.967 bits per heavy atom. The van der Waals surface area contributed by atoms with E-state index in [1.165, 1.54) is 21.3 Å². The molecule has 2 saturated heterocycles. The van der Waals surface area contributed by atoms with Gasteiger partial charge in [0.2, 0.25) is 11.8 Å². The van der Waals surface area contributed by atoms with E-state index >= 15 is 0 Å². The zero-order valence-corrected chi connectivity index (χ0v) is 32.8. The number of carbonyl (C=O) groups excluding carboxylic acids is 3. The number of imide groups is 1. The molecule has 1 atom stereocenters. The Kier molecular flexibility index (Phi) is 11.3. The number of likely N-dealkylation sites (tertiary alicyclic amines) is 1. The molecule has 5 aromatic rings. The molecule has 314 valence electrons. The normalized spacial score (nSPS) is 20.7. The van der Waals surface area contributed by atoms with Gasteiger partial charge in [-0.1, -0.05) is 24.0 Å². The number of para-hydroxylation sites is 1. The molecule has 1 saturated carbocycles. The first-order valence-corrected chi connectivity index (χ1v) is 20.1. The van der Waals surface area contributed by atoms with Crippen molar-refractivity contribution >= 4 is 45.3 Å². The second-order valence-electron chi connectivity index (χ2n) is 16.0. The van der Waals surface area contributed by atoms with Gasteiger partial charge in [0.15, 0.2) is 0 Å². The predicted molar refractivity (Wildman–Crippen MR) is 212 cm³/mol. The van der Waals surface area contributed by atoms with Crippen molar-refractivity contribution in [2.45, 2.75) is 82.5 Å². The molecule has 1 unspecified atom stereocenters. The minimum atomic E-state index is -4.77. The van der Waals surface area contributed by atoms with Crippen molar-refractivity contribution in [3.8, 4) is 11.8 Å². The fraction of sp³-hybridized carbons (Fsp3) is 0.442. The van der Waals surface area contributed by atoms with Crippen LogP contribution in [0.25, 0.3) is 21.9 Å². The lowest BCUT2D eigenvalue weighted by atomic mass is 9.85. The van der Waals surface area contributed by atoms with Gasteiger partial charge in [0.05, 0.1) is 33.8 Å². The smallest absolute Gasteiger partial charge is 0.320 e. The number of alkyl halides is 5. The molecule has 0 bridgehead atoms. The first-order valence-electron chi connectivity index (χ1n) is 20.1. The van der Waals surface area contributed by atoms with Crippen molar-refractivity contribution in [1.82, 2.24) is 34.1 Å². The van der Waals surface area contributed by atoms with Crippen LogP contribution in [0.15, 0.2) is 59.5 Å². The zero-order chi connectivity index (χ0) is 42.3. The summed E-state index contributed by atoms with van der Waals surface area (Å²) in [6, 6.07) is 10.3. The summed E-state index contributed by atoms with van der Waals surface area (Å²) in [4.78, 5) is 56.2. The number of aromatic nitrogens is 5. The third kappa shape index (κ3) is 8.43. The maximum Gasteiger partial charge on any atom is 0.433 e. The first-order chi connectivity index (χ1) is 28.7. The third-order valence-corrected chi connectivity index (χ3v) is 12.1. The largest absolute Gasteiger partial charge is 0.433 e. The lowest BCUT2D eigenvalue weighted by molar-refractivity contribution is -0.141. The summed E-state index contributed by atoms with van der Waals surface area (Å²) in [5, 5.41) is 9.80. The number of benzene rings is 2. The molecule has 0 radical (unpaired) electrons. The van der Waals surface area contributed by atoms with Crippen LogP contribution in [0.5, 0.6) is 0 Å². The fourth-order valence-electron chi connectivity index (χ4n) is 8.88. The number of fused-ring (bicyclic) bond motifs is 2. The number of nitrogens with zero attached hydrogens (tertiary/aromatic N) is 6. The van der Waals surface area contributed by atoms with Gasteiger partial charge in [-0.25, -0.2) is 18.6 Å². The number of pyridine rings is 1. The summed E-state index contributed by atoms with van der Waals surface area (Å²) in [5.74, 6) is 5.76. The van der Waals surface area contributed by atoms with E-state index in [-0.39, 0.29) is 36.2 Å². The summed E-state index contributed by atoms with van der Waals surface area (Å²) < 4.78 is 72.5. The van der Waals surface area contributed by atoms with Gasteiger partial charge >= 0.3 is 11.9 Å². The molecule has 0 spiro atoms. The third-order valence-electron chi connectivity index (χ3n) is 12.1. The zero-order valence-electron chi connectivity index (χ0n) is 32.8. The molecule has 3 aromatic heterocycles. The van der Waals surface area contributed by atoms with Gasteiger partial charge in [-0.3, -0.25) is 33.5 Å². The summed E-state index contributed by atoms with van der Waals surface area (Å²) in [6.07, 6.45) is 0.957. The quantitative estimate of drug-likeness (QED) is 0.0963. The SMILES string of the molecule is Cn1c(=O)n(C2CCC(=O)NC2=O)c2cccc(C#CCC3CCN(C[C@H]4CC[C@H](n5cc6cc(NC(=O)c7cccc(C(F)(F)F)n7)c(C(F)F)cc6n5)CC4)CC3)c21. The van der Waals surface area contributed by atoms with Crippen LogP contribution in [0.3, 0.4) is 0 Å². The van der Waals surface area contributed by atoms with Gasteiger partial charge in [0, 0.05) is 43.6 Å². The molecule has 5 heterocycles. The number of nitrogens with one attached hydrogen (secondary N) is 2. The Labute approximate surface area is 341 Å².